The minimum absolute atomic E-state index is 0.0605. The fourth-order valence-electron chi connectivity index (χ4n) is 3.44. The van der Waals surface area contributed by atoms with Gasteiger partial charge in [0.05, 0.1) is 9.79 Å². The summed E-state index contributed by atoms with van der Waals surface area (Å²) in [6.07, 6.45) is 2.55. The molecule has 2 aromatic carbocycles. The summed E-state index contributed by atoms with van der Waals surface area (Å²) >= 11 is 0. The summed E-state index contributed by atoms with van der Waals surface area (Å²) in [5.74, 6) is 0.0988. The van der Waals surface area contributed by atoms with Crippen molar-refractivity contribution in [3.8, 4) is 11.8 Å². The summed E-state index contributed by atoms with van der Waals surface area (Å²) in [4.78, 5) is -0.0602. The first-order valence-electron chi connectivity index (χ1n) is 9.91. The minimum atomic E-state index is -3.95. The first-order chi connectivity index (χ1) is 15.0. The van der Waals surface area contributed by atoms with Crippen molar-refractivity contribution in [1.82, 2.24) is 4.57 Å². The van der Waals surface area contributed by atoms with Crippen LogP contribution >= 0.6 is 0 Å². The zero-order valence-electron chi connectivity index (χ0n) is 18.3. The second-order valence-corrected chi connectivity index (χ2v) is 11.7. The lowest BCUT2D eigenvalue weighted by atomic mass is 10.1. The van der Waals surface area contributed by atoms with Gasteiger partial charge in [0.25, 0.3) is 0 Å². The van der Waals surface area contributed by atoms with Crippen LogP contribution in [0.1, 0.15) is 36.7 Å². The highest BCUT2D eigenvalue weighted by molar-refractivity contribution is 7.95. The van der Waals surface area contributed by atoms with Gasteiger partial charge >= 0.3 is 0 Å². The Balaban J connectivity index is 2.17. The van der Waals surface area contributed by atoms with Crippen LogP contribution in [0.3, 0.4) is 0 Å². The molecule has 0 aliphatic heterocycles. The van der Waals surface area contributed by atoms with E-state index in [1.165, 1.54) is 18.2 Å². The molecule has 0 N–H and O–H groups in total. The number of nitriles is 1. The van der Waals surface area contributed by atoms with Crippen LogP contribution in [0.2, 0.25) is 0 Å². The summed E-state index contributed by atoms with van der Waals surface area (Å²) in [6, 6.07) is 18.1. The number of aromatic nitrogens is 1. The minimum Gasteiger partial charge on any atom is -0.317 e. The van der Waals surface area contributed by atoms with E-state index in [0.717, 1.165) is 23.3 Å². The number of benzene rings is 2. The Hall–Kier alpha value is -3.15. The maximum atomic E-state index is 13.0. The van der Waals surface area contributed by atoms with Crippen molar-refractivity contribution in [1.29, 1.82) is 5.26 Å². The third kappa shape index (κ3) is 4.54. The molecule has 166 valence electrons. The van der Waals surface area contributed by atoms with E-state index in [4.69, 9.17) is 0 Å². The maximum absolute atomic E-state index is 13.0. The van der Waals surface area contributed by atoms with E-state index < -0.39 is 19.7 Å². The molecular formula is C24H24N2O4S2. The van der Waals surface area contributed by atoms with Gasteiger partial charge in [0.1, 0.15) is 11.0 Å². The monoisotopic (exact) mass is 468 g/mol. The Morgan fingerprint density at radius 1 is 0.969 bits per heavy atom. The zero-order chi connectivity index (χ0) is 23.7. The van der Waals surface area contributed by atoms with Gasteiger partial charge in [-0.2, -0.15) is 5.26 Å². The topological polar surface area (TPSA) is 97.0 Å². The lowest BCUT2D eigenvalue weighted by molar-refractivity contribution is 0.600. The van der Waals surface area contributed by atoms with Crippen LogP contribution in [0.5, 0.6) is 0 Å². The summed E-state index contributed by atoms with van der Waals surface area (Å²) in [5.41, 5.74) is 3.02. The van der Waals surface area contributed by atoms with Crippen molar-refractivity contribution < 1.29 is 16.8 Å². The second kappa shape index (κ2) is 8.77. The fraction of sp³-hybridized carbons (Fsp3) is 0.208. The molecule has 1 aromatic heterocycles. The molecule has 0 saturated heterocycles. The van der Waals surface area contributed by atoms with Crippen LogP contribution in [0.15, 0.2) is 75.4 Å². The van der Waals surface area contributed by atoms with Crippen LogP contribution in [0.25, 0.3) is 11.8 Å². The quantitative estimate of drug-likeness (QED) is 0.491. The lowest BCUT2D eigenvalue weighted by Gasteiger charge is -2.14. The van der Waals surface area contributed by atoms with Gasteiger partial charge < -0.3 is 4.57 Å². The van der Waals surface area contributed by atoms with Crippen LogP contribution in [0, 0.1) is 18.3 Å². The molecule has 0 aliphatic rings. The first-order valence-corrected chi connectivity index (χ1v) is 13.3. The molecule has 1 heterocycles. The van der Waals surface area contributed by atoms with E-state index in [-0.39, 0.29) is 20.6 Å². The molecule has 0 unspecified atom stereocenters. The fourth-order valence-corrected chi connectivity index (χ4v) is 5.25. The molecule has 0 spiro atoms. The standard InChI is InChI=1S/C24H24N2O4S2/c1-17(2)24-15-19(14-23(16-25)32(29,30)22-8-6-5-7-9-22)18(3)26(24)20-10-12-21(13-11-20)31(4,27)28/h5-15,17H,1-4H3/b23-14+. The summed E-state index contributed by atoms with van der Waals surface area (Å²) in [7, 11) is -7.27. The molecule has 0 radical (unpaired) electrons. The van der Waals surface area contributed by atoms with Crippen LogP contribution < -0.4 is 0 Å². The molecular weight excluding hydrogens is 444 g/mol. The van der Waals surface area contributed by atoms with E-state index in [0.29, 0.717) is 5.56 Å². The predicted octanol–water partition coefficient (Wildman–Crippen LogP) is 4.65. The molecule has 0 bridgehead atoms. The van der Waals surface area contributed by atoms with Gasteiger partial charge in [-0.25, -0.2) is 16.8 Å². The van der Waals surface area contributed by atoms with Gasteiger partial charge in [0.2, 0.25) is 9.84 Å². The van der Waals surface area contributed by atoms with Crippen LogP contribution in [-0.2, 0) is 19.7 Å². The predicted molar refractivity (Wildman–Crippen MR) is 125 cm³/mol. The molecule has 8 heteroatoms. The summed E-state index contributed by atoms with van der Waals surface area (Å²) in [5, 5.41) is 9.62. The average Bonchev–Trinajstić information content (AvgIpc) is 3.08. The number of sulfone groups is 2. The van der Waals surface area contributed by atoms with Crippen molar-refractivity contribution in [3.05, 3.63) is 82.5 Å². The van der Waals surface area contributed by atoms with E-state index in [1.807, 2.05) is 37.5 Å². The Bertz CT molecular complexity index is 1420. The second-order valence-electron chi connectivity index (χ2n) is 7.80. The van der Waals surface area contributed by atoms with Crippen molar-refractivity contribution in [2.45, 2.75) is 36.5 Å². The van der Waals surface area contributed by atoms with Crippen molar-refractivity contribution >= 4 is 25.8 Å². The average molecular weight is 469 g/mol. The van der Waals surface area contributed by atoms with Crippen LogP contribution in [0.4, 0.5) is 0 Å². The van der Waals surface area contributed by atoms with Gasteiger partial charge in [0, 0.05) is 23.3 Å². The van der Waals surface area contributed by atoms with Gasteiger partial charge in [-0.15, -0.1) is 0 Å². The molecule has 6 nitrogen and oxygen atoms in total. The summed E-state index contributed by atoms with van der Waals surface area (Å²) in [6.45, 7) is 5.86. The molecule has 32 heavy (non-hydrogen) atoms. The zero-order valence-corrected chi connectivity index (χ0v) is 19.9. The van der Waals surface area contributed by atoms with Gasteiger partial charge in [-0.1, -0.05) is 32.0 Å². The third-order valence-electron chi connectivity index (χ3n) is 5.17. The maximum Gasteiger partial charge on any atom is 0.216 e. The highest BCUT2D eigenvalue weighted by Gasteiger charge is 2.22. The molecule has 0 atom stereocenters. The van der Waals surface area contributed by atoms with Gasteiger partial charge in [0.15, 0.2) is 9.84 Å². The Kier molecular flexibility index (Phi) is 6.44. The summed E-state index contributed by atoms with van der Waals surface area (Å²) < 4.78 is 51.4. The van der Waals surface area contributed by atoms with E-state index in [1.54, 1.807) is 42.5 Å². The third-order valence-corrected chi connectivity index (χ3v) is 7.98. The van der Waals surface area contributed by atoms with Crippen LogP contribution in [-0.4, -0.2) is 27.7 Å². The highest BCUT2D eigenvalue weighted by Crippen LogP contribution is 2.30. The first kappa shape index (κ1) is 23.5. The molecule has 3 rings (SSSR count). The number of rotatable bonds is 6. The molecule has 0 fully saturated rings. The Labute approximate surface area is 189 Å². The molecule has 0 aliphatic carbocycles. The van der Waals surface area contributed by atoms with E-state index >= 15 is 0 Å². The largest absolute Gasteiger partial charge is 0.317 e. The normalized spacial score (nSPS) is 12.7. The van der Waals surface area contributed by atoms with E-state index in [9.17, 15) is 22.1 Å². The van der Waals surface area contributed by atoms with Gasteiger partial charge in [-0.3, -0.25) is 0 Å². The Morgan fingerprint density at radius 3 is 2.06 bits per heavy atom. The Morgan fingerprint density at radius 2 is 1.56 bits per heavy atom. The number of hydrogen-bond acceptors (Lipinski definition) is 5. The van der Waals surface area contributed by atoms with Gasteiger partial charge in [-0.05, 0) is 66.9 Å². The van der Waals surface area contributed by atoms with E-state index in [2.05, 4.69) is 0 Å². The highest BCUT2D eigenvalue weighted by atomic mass is 32.2. The van der Waals surface area contributed by atoms with Crippen molar-refractivity contribution in [3.63, 3.8) is 0 Å². The molecule has 0 amide bonds. The molecule has 3 aromatic rings. The number of hydrogen-bond donors (Lipinski definition) is 0. The molecule has 0 saturated carbocycles. The van der Waals surface area contributed by atoms with Crippen molar-refractivity contribution in [2.75, 3.05) is 6.26 Å². The number of allylic oxidation sites excluding steroid dienone is 1. The van der Waals surface area contributed by atoms with Crippen molar-refractivity contribution in [2.24, 2.45) is 0 Å². The smallest absolute Gasteiger partial charge is 0.216 e. The number of nitrogens with zero attached hydrogens (tertiary/aromatic N) is 2. The lowest BCUT2D eigenvalue weighted by Crippen LogP contribution is -2.05. The SMILES string of the molecule is Cc1c(/C=C(\C#N)S(=O)(=O)c2ccccc2)cc(C(C)C)n1-c1ccc(S(C)(=O)=O)cc1.